The standard InChI is InChI=1S/C14H18BrFN2O2/c1-8(12(19)18-14(2,3)4)17-13(20)11-9(15)6-5-7-10(11)16/h5-8H,1-4H3,(H,17,20)(H,18,19). The number of rotatable bonds is 3. The van der Waals surface area contributed by atoms with Gasteiger partial charge in [-0.2, -0.15) is 0 Å². The monoisotopic (exact) mass is 344 g/mol. The van der Waals surface area contributed by atoms with E-state index in [0.29, 0.717) is 4.47 Å². The van der Waals surface area contributed by atoms with E-state index < -0.39 is 23.3 Å². The van der Waals surface area contributed by atoms with Crippen LogP contribution in [0, 0.1) is 5.82 Å². The van der Waals surface area contributed by atoms with Crippen LogP contribution >= 0.6 is 15.9 Å². The zero-order chi connectivity index (χ0) is 15.5. The second kappa shape index (κ2) is 6.35. The summed E-state index contributed by atoms with van der Waals surface area (Å²) in [6, 6.07) is 3.50. The minimum Gasteiger partial charge on any atom is -0.350 e. The molecule has 1 aromatic rings. The van der Waals surface area contributed by atoms with Gasteiger partial charge in [0, 0.05) is 10.0 Å². The lowest BCUT2D eigenvalue weighted by Crippen LogP contribution is -2.51. The zero-order valence-corrected chi connectivity index (χ0v) is 13.5. The minimum absolute atomic E-state index is 0.108. The van der Waals surface area contributed by atoms with Gasteiger partial charge in [-0.1, -0.05) is 6.07 Å². The molecule has 2 N–H and O–H groups in total. The number of nitrogens with one attached hydrogen (secondary N) is 2. The molecule has 2 amide bonds. The summed E-state index contributed by atoms with van der Waals surface area (Å²) in [5.74, 6) is -1.59. The SMILES string of the molecule is CC(NC(=O)c1c(F)cccc1Br)C(=O)NC(C)(C)C. The third-order valence-electron chi connectivity index (χ3n) is 2.43. The maximum absolute atomic E-state index is 13.6. The van der Waals surface area contributed by atoms with Crippen molar-refractivity contribution < 1.29 is 14.0 Å². The van der Waals surface area contributed by atoms with Gasteiger partial charge in [0.15, 0.2) is 0 Å². The first-order valence-corrected chi connectivity index (χ1v) is 6.98. The fraction of sp³-hybridized carbons (Fsp3) is 0.429. The highest BCUT2D eigenvalue weighted by Crippen LogP contribution is 2.19. The Hall–Kier alpha value is -1.43. The molecule has 1 rings (SSSR count). The van der Waals surface area contributed by atoms with Gasteiger partial charge in [0.1, 0.15) is 11.9 Å². The van der Waals surface area contributed by atoms with Crippen molar-refractivity contribution >= 4 is 27.7 Å². The van der Waals surface area contributed by atoms with Crippen LogP contribution < -0.4 is 10.6 Å². The number of carbonyl (C=O) groups excluding carboxylic acids is 2. The molecule has 0 heterocycles. The second-order valence-corrected chi connectivity index (χ2v) is 6.39. The molecule has 110 valence electrons. The quantitative estimate of drug-likeness (QED) is 0.885. The van der Waals surface area contributed by atoms with Crippen LogP contribution in [0.5, 0.6) is 0 Å². The van der Waals surface area contributed by atoms with Gasteiger partial charge in [-0.05, 0) is 55.8 Å². The minimum atomic E-state index is -0.756. The van der Waals surface area contributed by atoms with Crippen molar-refractivity contribution in [3.8, 4) is 0 Å². The zero-order valence-electron chi connectivity index (χ0n) is 11.9. The number of benzene rings is 1. The average molecular weight is 345 g/mol. The molecule has 0 saturated carbocycles. The van der Waals surface area contributed by atoms with Gasteiger partial charge < -0.3 is 10.6 Å². The summed E-state index contributed by atoms with van der Waals surface area (Å²) in [5, 5.41) is 5.23. The van der Waals surface area contributed by atoms with E-state index in [2.05, 4.69) is 26.6 Å². The topological polar surface area (TPSA) is 58.2 Å². The lowest BCUT2D eigenvalue weighted by Gasteiger charge is -2.23. The van der Waals surface area contributed by atoms with Crippen molar-refractivity contribution in [2.45, 2.75) is 39.3 Å². The van der Waals surface area contributed by atoms with Crippen LogP contribution in [-0.4, -0.2) is 23.4 Å². The molecule has 1 atom stereocenters. The molecule has 4 nitrogen and oxygen atoms in total. The fourth-order valence-corrected chi connectivity index (χ4v) is 2.05. The van der Waals surface area contributed by atoms with Gasteiger partial charge >= 0.3 is 0 Å². The van der Waals surface area contributed by atoms with Crippen LogP contribution in [0.2, 0.25) is 0 Å². The van der Waals surface area contributed by atoms with E-state index in [1.54, 1.807) is 13.0 Å². The summed E-state index contributed by atoms with van der Waals surface area (Å²) in [7, 11) is 0. The smallest absolute Gasteiger partial charge is 0.256 e. The van der Waals surface area contributed by atoms with Crippen molar-refractivity contribution in [1.29, 1.82) is 0 Å². The molecule has 1 unspecified atom stereocenters. The largest absolute Gasteiger partial charge is 0.350 e. The highest BCUT2D eigenvalue weighted by molar-refractivity contribution is 9.10. The molecule has 0 aliphatic heterocycles. The molecule has 6 heteroatoms. The summed E-state index contributed by atoms with van der Waals surface area (Å²) >= 11 is 3.12. The van der Waals surface area contributed by atoms with Crippen LogP contribution in [0.3, 0.4) is 0 Å². The molecular formula is C14H18BrFN2O2. The number of hydrogen-bond acceptors (Lipinski definition) is 2. The lowest BCUT2D eigenvalue weighted by atomic mass is 10.1. The summed E-state index contributed by atoms with van der Waals surface area (Å²) in [6.07, 6.45) is 0. The first kappa shape index (κ1) is 16.6. The van der Waals surface area contributed by atoms with Crippen LogP contribution in [-0.2, 0) is 4.79 Å². The highest BCUT2D eigenvalue weighted by Gasteiger charge is 2.23. The van der Waals surface area contributed by atoms with Crippen LogP contribution in [0.1, 0.15) is 38.1 Å². The molecule has 20 heavy (non-hydrogen) atoms. The summed E-state index contributed by atoms with van der Waals surface area (Å²) in [4.78, 5) is 23.9. The van der Waals surface area contributed by atoms with Gasteiger partial charge in [-0.3, -0.25) is 9.59 Å². The molecular weight excluding hydrogens is 327 g/mol. The summed E-state index contributed by atoms with van der Waals surface area (Å²) in [6.45, 7) is 7.07. The normalized spacial score (nSPS) is 12.7. The molecule has 0 aliphatic carbocycles. The molecule has 0 saturated heterocycles. The van der Waals surface area contributed by atoms with Gasteiger partial charge in [0.2, 0.25) is 5.91 Å². The molecule has 0 aromatic heterocycles. The Labute approximate surface area is 126 Å². The van der Waals surface area contributed by atoms with Crippen molar-refractivity contribution in [1.82, 2.24) is 10.6 Å². The third-order valence-corrected chi connectivity index (χ3v) is 3.09. The number of carbonyl (C=O) groups is 2. The Kier molecular flexibility index (Phi) is 5.28. The van der Waals surface area contributed by atoms with E-state index in [-0.39, 0.29) is 11.5 Å². The molecule has 0 spiro atoms. The Bertz CT molecular complexity index is 506. The van der Waals surface area contributed by atoms with E-state index in [0.717, 1.165) is 0 Å². The van der Waals surface area contributed by atoms with E-state index in [1.165, 1.54) is 12.1 Å². The molecule has 0 fully saturated rings. The van der Waals surface area contributed by atoms with Crippen LogP contribution in [0.25, 0.3) is 0 Å². The Morgan fingerprint density at radius 2 is 1.90 bits per heavy atom. The summed E-state index contributed by atoms with van der Waals surface area (Å²) < 4.78 is 14.0. The van der Waals surface area contributed by atoms with E-state index in [1.807, 2.05) is 20.8 Å². The maximum atomic E-state index is 13.6. The molecule has 0 radical (unpaired) electrons. The molecule has 1 aromatic carbocycles. The van der Waals surface area contributed by atoms with E-state index in [9.17, 15) is 14.0 Å². The van der Waals surface area contributed by atoms with Gasteiger partial charge in [-0.25, -0.2) is 4.39 Å². The fourth-order valence-electron chi connectivity index (χ4n) is 1.53. The van der Waals surface area contributed by atoms with Crippen molar-refractivity contribution in [2.24, 2.45) is 0 Å². The third kappa shape index (κ3) is 4.59. The van der Waals surface area contributed by atoms with E-state index in [4.69, 9.17) is 0 Å². The number of hydrogen-bond donors (Lipinski definition) is 2. The molecule has 0 aliphatic rings. The Balaban J connectivity index is 2.78. The van der Waals surface area contributed by atoms with Crippen LogP contribution in [0.15, 0.2) is 22.7 Å². The van der Waals surface area contributed by atoms with E-state index >= 15 is 0 Å². The summed E-state index contributed by atoms with van der Waals surface area (Å²) in [5.41, 5.74) is -0.503. The van der Waals surface area contributed by atoms with Gasteiger partial charge in [0.25, 0.3) is 5.91 Å². The van der Waals surface area contributed by atoms with Crippen molar-refractivity contribution in [3.05, 3.63) is 34.1 Å². The lowest BCUT2D eigenvalue weighted by molar-refractivity contribution is -0.124. The first-order valence-electron chi connectivity index (χ1n) is 6.18. The van der Waals surface area contributed by atoms with Crippen molar-refractivity contribution in [2.75, 3.05) is 0 Å². The Morgan fingerprint density at radius 1 is 1.30 bits per heavy atom. The second-order valence-electron chi connectivity index (χ2n) is 5.53. The molecule has 0 bridgehead atoms. The van der Waals surface area contributed by atoms with Gasteiger partial charge in [-0.15, -0.1) is 0 Å². The van der Waals surface area contributed by atoms with Gasteiger partial charge in [0.05, 0.1) is 5.56 Å². The maximum Gasteiger partial charge on any atom is 0.256 e. The Morgan fingerprint density at radius 3 is 2.40 bits per heavy atom. The van der Waals surface area contributed by atoms with Crippen molar-refractivity contribution in [3.63, 3.8) is 0 Å². The first-order chi connectivity index (χ1) is 9.11. The number of halogens is 2. The predicted molar refractivity (Wildman–Crippen MR) is 78.9 cm³/mol. The highest BCUT2D eigenvalue weighted by atomic mass is 79.9. The van der Waals surface area contributed by atoms with Crippen LogP contribution in [0.4, 0.5) is 4.39 Å². The predicted octanol–water partition coefficient (Wildman–Crippen LogP) is 2.62. The number of amides is 2. The average Bonchev–Trinajstić information content (AvgIpc) is 2.26.